The molecule has 0 spiro atoms. The Hall–Kier alpha value is -4.91. The standard InChI is InChI=1S/C28H28N6O4/c1-17-13-24(33-26-10-3-19(15-29)16-32-26)23-14-22(8-9-25(23)34(17)18(2)35)20-4-6-21(7-5-20)27(36)30-11-12-31-28(37)38/h3-10,14,16-17,24,31H,11-13H2,1-2H3,(H,30,36)(H,32,33)(H,37,38)/t17-,24+/m0/s1. The van der Waals surface area contributed by atoms with E-state index in [2.05, 4.69) is 27.0 Å². The molecule has 4 N–H and O–H groups in total. The lowest BCUT2D eigenvalue weighted by molar-refractivity contribution is -0.117. The second kappa shape index (κ2) is 11.4. The summed E-state index contributed by atoms with van der Waals surface area (Å²) >= 11 is 0. The largest absolute Gasteiger partial charge is 0.465 e. The number of nitriles is 1. The first-order valence-corrected chi connectivity index (χ1v) is 12.2. The zero-order valence-corrected chi connectivity index (χ0v) is 21.1. The van der Waals surface area contributed by atoms with Gasteiger partial charge in [-0.1, -0.05) is 18.2 Å². The van der Waals surface area contributed by atoms with Gasteiger partial charge >= 0.3 is 6.09 Å². The van der Waals surface area contributed by atoms with Gasteiger partial charge in [0.1, 0.15) is 11.9 Å². The molecular weight excluding hydrogens is 484 g/mol. The number of nitrogens with zero attached hydrogens (tertiary/aromatic N) is 3. The number of anilines is 2. The summed E-state index contributed by atoms with van der Waals surface area (Å²) in [7, 11) is 0. The van der Waals surface area contributed by atoms with E-state index in [9.17, 15) is 14.4 Å². The molecule has 0 fully saturated rings. The fourth-order valence-corrected chi connectivity index (χ4v) is 4.65. The van der Waals surface area contributed by atoms with E-state index < -0.39 is 6.09 Å². The van der Waals surface area contributed by atoms with E-state index >= 15 is 0 Å². The minimum absolute atomic E-state index is 0.0229. The molecule has 194 valence electrons. The van der Waals surface area contributed by atoms with Crippen LogP contribution >= 0.6 is 0 Å². The average molecular weight is 513 g/mol. The van der Waals surface area contributed by atoms with E-state index in [1.807, 2.05) is 37.3 Å². The van der Waals surface area contributed by atoms with E-state index in [-0.39, 0.29) is 37.0 Å². The van der Waals surface area contributed by atoms with Crippen LogP contribution in [0.4, 0.5) is 16.3 Å². The number of nitrogens with one attached hydrogen (secondary N) is 3. The number of amides is 3. The number of carbonyl (C=O) groups excluding carboxylic acids is 2. The van der Waals surface area contributed by atoms with Gasteiger partial charge in [0, 0.05) is 43.5 Å². The zero-order valence-electron chi connectivity index (χ0n) is 21.1. The Morgan fingerprint density at radius 1 is 1.05 bits per heavy atom. The van der Waals surface area contributed by atoms with Crippen molar-refractivity contribution in [3.8, 4) is 17.2 Å². The summed E-state index contributed by atoms with van der Waals surface area (Å²) in [5, 5.41) is 26.0. The zero-order chi connectivity index (χ0) is 27.2. The van der Waals surface area contributed by atoms with E-state index in [1.165, 1.54) is 6.20 Å². The SMILES string of the molecule is CC(=O)N1c2ccc(-c3ccc(C(=O)NCCNC(=O)O)cc3)cc2[C@H](Nc2ccc(C#N)cn2)C[C@@H]1C. The number of hydrogen-bond acceptors (Lipinski definition) is 6. The number of carboxylic acid groups (broad SMARTS) is 1. The fraction of sp³-hybridized carbons (Fsp3) is 0.250. The number of carbonyl (C=O) groups is 3. The van der Waals surface area contributed by atoms with Crippen LogP contribution in [0.5, 0.6) is 0 Å². The van der Waals surface area contributed by atoms with Crippen LogP contribution in [0, 0.1) is 11.3 Å². The summed E-state index contributed by atoms with van der Waals surface area (Å²) in [4.78, 5) is 41.5. The lowest BCUT2D eigenvalue weighted by atomic mass is 9.89. The molecule has 0 unspecified atom stereocenters. The van der Waals surface area contributed by atoms with Gasteiger partial charge in [0.15, 0.2) is 0 Å². The monoisotopic (exact) mass is 512 g/mol. The van der Waals surface area contributed by atoms with Crippen LogP contribution in [0.1, 0.15) is 47.8 Å². The van der Waals surface area contributed by atoms with Crippen LogP contribution in [0.2, 0.25) is 0 Å². The molecule has 2 atom stereocenters. The van der Waals surface area contributed by atoms with Crippen LogP contribution in [0.3, 0.4) is 0 Å². The molecule has 10 heteroatoms. The van der Waals surface area contributed by atoms with Gasteiger partial charge in [-0.05, 0) is 66.4 Å². The Kier molecular flexibility index (Phi) is 7.87. The van der Waals surface area contributed by atoms with Crippen molar-refractivity contribution in [3.63, 3.8) is 0 Å². The van der Waals surface area contributed by atoms with Crippen LogP contribution in [-0.2, 0) is 4.79 Å². The van der Waals surface area contributed by atoms with Crippen molar-refractivity contribution in [2.75, 3.05) is 23.3 Å². The van der Waals surface area contributed by atoms with Crippen molar-refractivity contribution in [1.29, 1.82) is 5.26 Å². The predicted octanol–water partition coefficient (Wildman–Crippen LogP) is 3.92. The van der Waals surface area contributed by atoms with Gasteiger partial charge in [0.05, 0.1) is 11.6 Å². The molecule has 0 saturated heterocycles. The molecule has 2 aromatic carbocycles. The molecule has 3 amide bonds. The van der Waals surface area contributed by atoms with E-state index in [0.717, 1.165) is 22.4 Å². The number of benzene rings is 2. The minimum atomic E-state index is -1.14. The third kappa shape index (κ3) is 5.90. The molecule has 0 radical (unpaired) electrons. The Morgan fingerprint density at radius 3 is 2.39 bits per heavy atom. The Morgan fingerprint density at radius 2 is 1.76 bits per heavy atom. The molecule has 1 aliphatic heterocycles. The average Bonchev–Trinajstić information content (AvgIpc) is 2.91. The van der Waals surface area contributed by atoms with Gasteiger partial charge in [-0.25, -0.2) is 9.78 Å². The quantitative estimate of drug-likeness (QED) is 0.351. The van der Waals surface area contributed by atoms with E-state index in [0.29, 0.717) is 23.4 Å². The summed E-state index contributed by atoms with van der Waals surface area (Å²) < 4.78 is 0. The first-order chi connectivity index (χ1) is 18.3. The summed E-state index contributed by atoms with van der Waals surface area (Å²) in [6, 6.07) is 18.5. The predicted molar refractivity (Wildman–Crippen MR) is 143 cm³/mol. The highest BCUT2D eigenvalue weighted by molar-refractivity contribution is 5.95. The van der Waals surface area contributed by atoms with E-state index in [1.54, 1.807) is 36.1 Å². The lowest BCUT2D eigenvalue weighted by Crippen LogP contribution is -2.43. The van der Waals surface area contributed by atoms with Crippen molar-refractivity contribution in [2.45, 2.75) is 32.4 Å². The van der Waals surface area contributed by atoms with Gasteiger partial charge in [0.2, 0.25) is 5.91 Å². The van der Waals surface area contributed by atoms with E-state index in [4.69, 9.17) is 10.4 Å². The molecule has 2 heterocycles. The molecule has 0 aliphatic carbocycles. The number of pyridine rings is 1. The van der Waals surface area contributed by atoms with Gasteiger partial charge in [-0.15, -0.1) is 0 Å². The Labute approximate surface area is 220 Å². The fourth-order valence-electron chi connectivity index (χ4n) is 4.65. The number of hydrogen-bond donors (Lipinski definition) is 4. The summed E-state index contributed by atoms with van der Waals surface area (Å²) in [5.74, 6) is 0.317. The van der Waals surface area contributed by atoms with Crippen molar-refractivity contribution in [2.24, 2.45) is 0 Å². The molecule has 1 aromatic heterocycles. The highest BCUT2D eigenvalue weighted by atomic mass is 16.4. The minimum Gasteiger partial charge on any atom is -0.465 e. The molecule has 0 bridgehead atoms. The van der Waals surface area contributed by atoms with Gasteiger partial charge < -0.3 is 26.0 Å². The van der Waals surface area contributed by atoms with Crippen molar-refractivity contribution >= 4 is 29.4 Å². The van der Waals surface area contributed by atoms with Crippen molar-refractivity contribution < 1.29 is 19.5 Å². The van der Waals surface area contributed by atoms with Crippen molar-refractivity contribution in [3.05, 3.63) is 77.5 Å². The third-order valence-electron chi connectivity index (χ3n) is 6.40. The van der Waals surface area contributed by atoms with Crippen LogP contribution < -0.4 is 20.9 Å². The second-order valence-electron chi connectivity index (χ2n) is 9.05. The molecule has 0 saturated carbocycles. The lowest BCUT2D eigenvalue weighted by Gasteiger charge is -2.39. The highest BCUT2D eigenvalue weighted by Crippen LogP contribution is 2.41. The summed E-state index contributed by atoms with van der Waals surface area (Å²) in [5.41, 5.74) is 4.56. The molecule has 4 rings (SSSR count). The molecular formula is C28H28N6O4. The van der Waals surface area contributed by atoms with Crippen molar-refractivity contribution in [1.82, 2.24) is 15.6 Å². The summed E-state index contributed by atoms with van der Waals surface area (Å²) in [6.45, 7) is 3.88. The van der Waals surface area contributed by atoms with Crippen LogP contribution in [-0.4, -0.2) is 47.1 Å². The number of fused-ring (bicyclic) bond motifs is 1. The Balaban J connectivity index is 1.58. The maximum absolute atomic E-state index is 12.5. The summed E-state index contributed by atoms with van der Waals surface area (Å²) in [6.07, 6.45) is 1.06. The molecule has 3 aromatic rings. The van der Waals surface area contributed by atoms with Crippen LogP contribution in [0.25, 0.3) is 11.1 Å². The molecule has 10 nitrogen and oxygen atoms in total. The first kappa shape index (κ1) is 26.2. The molecule has 38 heavy (non-hydrogen) atoms. The first-order valence-electron chi connectivity index (χ1n) is 12.2. The topological polar surface area (TPSA) is 147 Å². The third-order valence-corrected chi connectivity index (χ3v) is 6.40. The second-order valence-corrected chi connectivity index (χ2v) is 9.05. The highest BCUT2D eigenvalue weighted by Gasteiger charge is 2.32. The number of rotatable bonds is 7. The Bertz CT molecular complexity index is 1380. The maximum atomic E-state index is 12.5. The van der Waals surface area contributed by atoms with Gasteiger partial charge in [-0.2, -0.15) is 5.26 Å². The molecule has 1 aliphatic rings. The van der Waals surface area contributed by atoms with Crippen LogP contribution in [0.15, 0.2) is 60.8 Å². The normalized spacial score (nSPS) is 16.1. The van der Waals surface area contributed by atoms with Gasteiger partial charge in [-0.3, -0.25) is 9.59 Å². The van der Waals surface area contributed by atoms with Gasteiger partial charge in [0.25, 0.3) is 5.91 Å². The smallest absolute Gasteiger partial charge is 0.404 e. The maximum Gasteiger partial charge on any atom is 0.404 e. The number of aromatic nitrogens is 1.